The van der Waals surface area contributed by atoms with Gasteiger partial charge in [0, 0.05) is 61.8 Å². The number of amides is 2. The molecule has 0 saturated carbocycles. The van der Waals surface area contributed by atoms with E-state index in [1.54, 1.807) is 21.9 Å². The Labute approximate surface area is 222 Å². The third-order valence-corrected chi connectivity index (χ3v) is 6.55. The van der Waals surface area contributed by atoms with Gasteiger partial charge in [0.2, 0.25) is 5.91 Å². The van der Waals surface area contributed by atoms with Crippen molar-refractivity contribution in [3.63, 3.8) is 0 Å². The summed E-state index contributed by atoms with van der Waals surface area (Å²) >= 11 is 0. The fourth-order valence-corrected chi connectivity index (χ4v) is 4.76. The van der Waals surface area contributed by atoms with E-state index in [9.17, 15) is 32.3 Å². The first-order valence-electron chi connectivity index (χ1n) is 12.1. The molecule has 9 nitrogen and oxygen atoms in total. The zero-order valence-electron chi connectivity index (χ0n) is 20.8. The van der Waals surface area contributed by atoms with Crippen LogP contribution in [0.3, 0.4) is 0 Å². The van der Waals surface area contributed by atoms with E-state index in [1.165, 1.54) is 0 Å². The molecule has 0 unspecified atom stereocenters. The first-order valence-corrected chi connectivity index (χ1v) is 12.1. The molecule has 0 radical (unpaired) electrons. The Morgan fingerprint density at radius 2 is 1.56 bits per heavy atom. The van der Waals surface area contributed by atoms with Crippen LogP contribution in [0.2, 0.25) is 0 Å². The van der Waals surface area contributed by atoms with Crippen molar-refractivity contribution in [3.05, 3.63) is 83.2 Å². The summed E-state index contributed by atoms with van der Waals surface area (Å²) in [6, 6.07) is 9.51. The van der Waals surface area contributed by atoms with Crippen LogP contribution in [0, 0.1) is 23.4 Å². The Hall–Kier alpha value is -4.19. The normalized spacial score (nSPS) is 18.9. The number of carbonyl (C=O) groups excluding carboxylic acids is 2. The molecule has 2 amide bonds. The Morgan fingerprint density at radius 1 is 0.949 bits per heavy atom. The van der Waals surface area contributed by atoms with Gasteiger partial charge in [0.1, 0.15) is 5.82 Å². The predicted molar refractivity (Wildman–Crippen MR) is 133 cm³/mol. The number of nitrogens with zero attached hydrogens (tertiary/aromatic N) is 2. The molecule has 2 aromatic carbocycles. The standard InChI is InChI=1S/C23H24F3N3O2.C4H4O4/c24-18-11-20(26)19(25)9-16(18)8-17(27)10-22(30)29-7-6-15-12-28(13-21(15)29)23(31)14-4-2-1-3-5-14;5-3(6)1-2-4(7)8/h1-5,9,11,15,17,21H,6-8,10,12-13,27H2;1-2H,(H,5,6)(H,7,8)/t15-,17+,21+;/m0./s1. The molecule has 208 valence electrons. The number of rotatable bonds is 7. The van der Waals surface area contributed by atoms with Gasteiger partial charge in [0.15, 0.2) is 11.6 Å². The van der Waals surface area contributed by atoms with Crippen LogP contribution in [0.25, 0.3) is 0 Å². The molecule has 4 N–H and O–H groups in total. The first-order chi connectivity index (χ1) is 18.5. The molecule has 2 aliphatic heterocycles. The number of benzene rings is 2. The van der Waals surface area contributed by atoms with Crippen molar-refractivity contribution < 1.29 is 42.6 Å². The van der Waals surface area contributed by atoms with Crippen LogP contribution in [0.4, 0.5) is 13.2 Å². The molecule has 0 bridgehead atoms. The first kappa shape index (κ1) is 29.4. The molecule has 0 spiro atoms. The quantitative estimate of drug-likeness (QED) is 0.357. The maximum Gasteiger partial charge on any atom is 0.328 e. The smallest absolute Gasteiger partial charge is 0.328 e. The lowest BCUT2D eigenvalue weighted by atomic mass is 10.0. The summed E-state index contributed by atoms with van der Waals surface area (Å²) in [6.45, 7) is 1.67. The van der Waals surface area contributed by atoms with Crippen LogP contribution in [-0.4, -0.2) is 75.5 Å². The van der Waals surface area contributed by atoms with Crippen LogP contribution in [-0.2, 0) is 20.8 Å². The lowest BCUT2D eigenvalue weighted by molar-refractivity contribution is -0.134. The minimum absolute atomic E-state index is 0.0334. The van der Waals surface area contributed by atoms with Crippen LogP contribution >= 0.6 is 0 Å². The minimum atomic E-state index is -1.26. The summed E-state index contributed by atoms with van der Waals surface area (Å²) in [5, 5.41) is 15.6. The van der Waals surface area contributed by atoms with Crippen molar-refractivity contribution >= 4 is 23.8 Å². The highest BCUT2D eigenvalue weighted by Gasteiger charge is 2.44. The highest BCUT2D eigenvalue weighted by Crippen LogP contribution is 2.33. The van der Waals surface area contributed by atoms with E-state index in [2.05, 4.69) is 0 Å². The number of carbonyl (C=O) groups is 4. The Balaban J connectivity index is 0.000000459. The second-order valence-electron chi connectivity index (χ2n) is 9.32. The second-order valence-corrected chi connectivity index (χ2v) is 9.32. The summed E-state index contributed by atoms with van der Waals surface area (Å²) in [5.74, 6) is -5.80. The third-order valence-electron chi connectivity index (χ3n) is 6.55. The predicted octanol–water partition coefficient (Wildman–Crippen LogP) is 2.45. The Kier molecular flexibility index (Phi) is 9.83. The van der Waals surface area contributed by atoms with Gasteiger partial charge in [-0.25, -0.2) is 22.8 Å². The Morgan fingerprint density at radius 3 is 2.18 bits per heavy atom. The molecule has 12 heteroatoms. The van der Waals surface area contributed by atoms with Gasteiger partial charge in [-0.05, 0) is 36.6 Å². The van der Waals surface area contributed by atoms with E-state index in [4.69, 9.17) is 15.9 Å². The summed E-state index contributed by atoms with van der Waals surface area (Å²) < 4.78 is 40.4. The van der Waals surface area contributed by atoms with Crippen molar-refractivity contribution in [2.45, 2.75) is 31.3 Å². The lowest BCUT2D eigenvalue weighted by Gasteiger charge is -2.26. The van der Waals surface area contributed by atoms with E-state index in [1.807, 2.05) is 18.2 Å². The second kappa shape index (κ2) is 13.1. The topological polar surface area (TPSA) is 141 Å². The molecule has 2 aliphatic rings. The molecular formula is C27H28F3N3O6. The number of halogens is 3. The molecule has 2 saturated heterocycles. The summed E-state index contributed by atoms with van der Waals surface area (Å²) in [5.41, 5.74) is 6.59. The average Bonchev–Trinajstić information content (AvgIpc) is 3.47. The highest BCUT2D eigenvalue weighted by atomic mass is 19.2. The molecule has 0 aromatic heterocycles. The number of fused-ring (bicyclic) bond motifs is 1. The van der Waals surface area contributed by atoms with E-state index < -0.39 is 35.4 Å². The van der Waals surface area contributed by atoms with Crippen LogP contribution < -0.4 is 5.73 Å². The van der Waals surface area contributed by atoms with Gasteiger partial charge >= 0.3 is 11.9 Å². The van der Waals surface area contributed by atoms with Crippen LogP contribution in [0.15, 0.2) is 54.6 Å². The summed E-state index contributed by atoms with van der Waals surface area (Å²) in [6.07, 6.45) is 1.82. The minimum Gasteiger partial charge on any atom is -0.478 e. The van der Waals surface area contributed by atoms with E-state index in [-0.39, 0.29) is 42.2 Å². The average molecular weight is 548 g/mol. The van der Waals surface area contributed by atoms with Crippen molar-refractivity contribution in [1.29, 1.82) is 0 Å². The molecule has 2 heterocycles. The van der Waals surface area contributed by atoms with Crippen molar-refractivity contribution in [2.75, 3.05) is 19.6 Å². The molecule has 3 atom stereocenters. The number of aliphatic carboxylic acids is 2. The SMILES string of the molecule is N[C@@H](CC(=O)N1CC[C@H]2CN(C(=O)c3ccccc3)C[C@H]21)Cc1cc(F)c(F)cc1F.O=C(O)C=CC(=O)O. The monoisotopic (exact) mass is 547 g/mol. The number of hydrogen-bond acceptors (Lipinski definition) is 5. The zero-order valence-corrected chi connectivity index (χ0v) is 20.8. The van der Waals surface area contributed by atoms with E-state index in [0.717, 1.165) is 12.5 Å². The highest BCUT2D eigenvalue weighted by molar-refractivity contribution is 5.94. The lowest BCUT2D eigenvalue weighted by Crippen LogP contribution is -2.43. The number of nitrogens with two attached hydrogens (primary N) is 1. The number of hydrogen-bond donors (Lipinski definition) is 3. The van der Waals surface area contributed by atoms with Crippen molar-refractivity contribution in [2.24, 2.45) is 11.7 Å². The number of carboxylic acid groups (broad SMARTS) is 2. The Bertz CT molecular complexity index is 1240. The molecule has 2 aromatic rings. The molecule has 4 rings (SSSR count). The maximum absolute atomic E-state index is 13.9. The summed E-state index contributed by atoms with van der Waals surface area (Å²) in [4.78, 5) is 48.2. The fraction of sp³-hybridized carbons (Fsp3) is 0.333. The summed E-state index contributed by atoms with van der Waals surface area (Å²) in [7, 11) is 0. The fourth-order valence-electron chi connectivity index (χ4n) is 4.76. The molecule has 0 aliphatic carbocycles. The van der Waals surface area contributed by atoms with Gasteiger partial charge in [-0.1, -0.05) is 18.2 Å². The third kappa shape index (κ3) is 7.90. The number of carboxylic acids is 2. The van der Waals surface area contributed by atoms with E-state index in [0.29, 0.717) is 43.4 Å². The van der Waals surface area contributed by atoms with Crippen molar-refractivity contribution in [1.82, 2.24) is 9.80 Å². The van der Waals surface area contributed by atoms with E-state index >= 15 is 0 Å². The van der Waals surface area contributed by atoms with Gasteiger partial charge in [0.05, 0.1) is 6.04 Å². The van der Waals surface area contributed by atoms with Gasteiger partial charge < -0.3 is 25.7 Å². The largest absolute Gasteiger partial charge is 0.478 e. The zero-order chi connectivity index (χ0) is 28.7. The molecule has 39 heavy (non-hydrogen) atoms. The number of likely N-dealkylation sites (tertiary alicyclic amines) is 2. The van der Waals surface area contributed by atoms with Crippen LogP contribution in [0.1, 0.15) is 28.8 Å². The molecule has 2 fully saturated rings. The van der Waals surface area contributed by atoms with Gasteiger partial charge in [-0.2, -0.15) is 0 Å². The maximum atomic E-state index is 13.9. The van der Waals surface area contributed by atoms with Gasteiger partial charge in [-0.3, -0.25) is 9.59 Å². The van der Waals surface area contributed by atoms with Crippen LogP contribution in [0.5, 0.6) is 0 Å². The van der Waals surface area contributed by atoms with Gasteiger partial charge in [0.25, 0.3) is 5.91 Å². The van der Waals surface area contributed by atoms with Gasteiger partial charge in [-0.15, -0.1) is 0 Å². The molecular weight excluding hydrogens is 519 g/mol. The van der Waals surface area contributed by atoms with Crippen molar-refractivity contribution in [3.8, 4) is 0 Å².